The van der Waals surface area contributed by atoms with Crippen molar-refractivity contribution in [1.29, 1.82) is 0 Å². The summed E-state index contributed by atoms with van der Waals surface area (Å²) in [6.45, 7) is 2.01. The van der Waals surface area contributed by atoms with Crippen LogP contribution < -0.4 is 9.62 Å². The Balaban J connectivity index is 2.04. The van der Waals surface area contributed by atoms with Crippen molar-refractivity contribution >= 4 is 21.6 Å². The zero-order chi connectivity index (χ0) is 17.6. The van der Waals surface area contributed by atoms with Gasteiger partial charge in [-0.3, -0.25) is 14.1 Å². The molecular formula is C17H21N3O3S. The lowest BCUT2D eigenvalue weighted by Gasteiger charge is -2.28. The third-order valence-corrected chi connectivity index (χ3v) is 4.80. The van der Waals surface area contributed by atoms with Crippen molar-refractivity contribution in [2.45, 2.75) is 19.4 Å². The topological polar surface area (TPSA) is 79.4 Å². The standard InChI is InChI=1S/C17H21N3O3S/c1-14(17(21)19-13-10-15-8-11-18-12-9-15)20(24(2,22)23)16-6-4-3-5-7-16/h3-9,11-12,14H,10,13H2,1-2H3,(H,19,21)/t14-/m1/s1. The van der Waals surface area contributed by atoms with E-state index in [0.717, 1.165) is 16.1 Å². The summed E-state index contributed by atoms with van der Waals surface area (Å²) < 4.78 is 25.4. The van der Waals surface area contributed by atoms with E-state index in [1.54, 1.807) is 49.6 Å². The molecule has 0 aliphatic rings. The molecule has 1 atom stereocenters. The fourth-order valence-corrected chi connectivity index (χ4v) is 3.59. The Morgan fingerprint density at radius 2 is 1.79 bits per heavy atom. The number of para-hydroxylation sites is 1. The summed E-state index contributed by atoms with van der Waals surface area (Å²) in [6, 6.07) is 11.5. The van der Waals surface area contributed by atoms with Crippen molar-refractivity contribution < 1.29 is 13.2 Å². The third kappa shape index (κ3) is 4.79. The van der Waals surface area contributed by atoms with E-state index in [1.807, 2.05) is 12.1 Å². The largest absolute Gasteiger partial charge is 0.354 e. The molecule has 0 spiro atoms. The number of pyridine rings is 1. The number of amides is 1. The monoisotopic (exact) mass is 347 g/mol. The molecule has 24 heavy (non-hydrogen) atoms. The Labute approximate surface area is 142 Å². The van der Waals surface area contributed by atoms with Gasteiger partial charge in [-0.25, -0.2) is 8.42 Å². The van der Waals surface area contributed by atoms with Gasteiger partial charge in [-0.2, -0.15) is 0 Å². The minimum Gasteiger partial charge on any atom is -0.354 e. The van der Waals surface area contributed by atoms with Gasteiger partial charge in [0.2, 0.25) is 15.9 Å². The highest BCUT2D eigenvalue weighted by Crippen LogP contribution is 2.20. The fraction of sp³-hybridized carbons (Fsp3) is 0.294. The van der Waals surface area contributed by atoms with Crippen LogP contribution >= 0.6 is 0 Å². The van der Waals surface area contributed by atoms with Crippen LogP contribution in [-0.4, -0.2) is 38.2 Å². The van der Waals surface area contributed by atoms with Crippen LogP contribution in [0.5, 0.6) is 0 Å². The summed E-state index contributed by atoms with van der Waals surface area (Å²) in [7, 11) is -3.58. The maximum absolute atomic E-state index is 12.4. The van der Waals surface area contributed by atoms with Crippen LogP contribution in [0.1, 0.15) is 12.5 Å². The second kappa shape index (κ2) is 7.92. The third-order valence-electron chi connectivity index (χ3n) is 3.56. The summed E-state index contributed by atoms with van der Waals surface area (Å²) in [5, 5.41) is 2.79. The van der Waals surface area contributed by atoms with E-state index in [4.69, 9.17) is 0 Å². The molecule has 1 aromatic carbocycles. The molecule has 0 aliphatic heterocycles. The van der Waals surface area contributed by atoms with Crippen LogP contribution in [0.15, 0.2) is 54.9 Å². The molecule has 2 aromatic rings. The lowest BCUT2D eigenvalue weighted by atomic mass is 10.2. The van der Waals surface area contributed by atoms with Gasteiger partial charge in [-0.1, -0.05) is 18.2 Å². The van der Waals surface area contributed by atoms with E-state index in [9.17, 15) is 13.2 Å². The molecule has 1 N–H and O–H groups in total. The molecular weight excluding hydrogens is 326 g/mol. The maximum atomic E-state index is 12.4. The van der Waals surface area contributed by atoms with Gasteiger partial charge in [0.25, 0.3) is 0 Å². The molecule has 0 saturated carbocycles. The van der Waals surface area contributed by atoms with E-state index in [1.165, 1.54) is 0 Å². The molecule has 2 rings (SSSR count). The number of hydrogen-bond acceptors (Lipinski definition) is 4. The molecule has 0 fully saturated rings. The number of hydrogen-bond donors (Lipinski definition) is 1. The molecule has 1 amide bonds. The minimum atomic E-state index is -3.58. The number of rotatable bonds is 7. The van der Waals surface area contributed by atoms with Crippen molar-refractivity contribution in [3.05, 3.63) is 60.4 Å². The molecule has 6 nitrogen and oxygen atoms in total. The summed E-state index contributed by atoms with van der Waals surface area (Å²) in [4.78, 5) is 16.3. The van der Waals surface area contributed by atoms with Gasteiger partial charge in [0.05, 0.1) is 11.9 Å². The molecule has 0 radical (unpaired) electrons. The first-order chi connectivity index (χ1) is 11.4. The van der Waals surface area contributed by atoms with E-state index < -0.39 is 16.1 Å². The SMILES string of the molecule is C[C@H](C(=O)NCCc1ccncc1)N(c1ccccc1)S(C)(=O)=O. The molecule has 1 heterocycles. The summed E-state index contributed by atoms with van der Waals surface area (Å²) in [6.07, 6.45) is 5.15. The molecule has 0 saturated heterocycles. The summed E-state index contributed by atoms with van der Waals surface area (Å²) in [5.41, 5.74) is 1.53. The number of carbonyl (C=O) groups is 1. The van der Waals surface area contributed by atoms with Crippen LogP contribution in [-0.2, 0) is 21.2 Å². The highest BCUT2D eigenvalue weighted by atomic mass is 32.2. The van der Waals surface area contributed by atoms with Gasteiger partial charge < -0.3 is 5.32 Å². The zero-order valence-electron chi connectivity index (χ0n) is 13.7. The number of nitrogens with one attached hydrogen (secondary N) is 1. The van der Waals surface area contributed by atoms with E-state index in [-0.39, 0.29) is 5.91 Å². The molecule has 0 unspecified atom stereocenters. The smallest absolute Gasteiger partial charge is 0.243 e. The van der Waals surface area contributed by atoms with E-state index in [0.29, 0.717) is 18.7 Å². The van der Waals surface area contributed by atoms with Gasteiger partial charge >= 0.3 is 0 Å². The number of aromatic nitrogens is 1. The Morgan fingerprint density at radius 3 is 2.38 bits per heavy atom. The average Bonchev–Trinajstić information content (AvgIpc) is 2.55. The molecule has 1 aromatic heterocycles. The molecule has 0 aliphatic carbocycles. The molecule has 0 bridgehead atoms. The van der Waals surface area contributed by atoms with Crippen LogP contribution in [0.2, 0.25) is 0 Å². The normalized spacial score (nSPS) is 12.4. The Kier molecular flexibility index (Phi) is 5.92. The number of anilines is 1. The lowest BCUT2D eigenvalue weighted by Crippen LogP contribution is -2.48. The highest BCUT2D eigenvalue weighted by molar-refractivity contribution is 7.92. The van der Waals surface area contributed by atoms with Crippen LogP contribution in [0, 0.1) is 0 Å². The van der Waals surface area contributed by atoms with Gasteiger partial charge in [0, 0.05) is 18.9 Å². The number of benzene rings is 1. The highest BCUT2D eigenvalue weighted by Gasteiger charge is 2.28. The van der Waals surface area contributed by atoms with E-state index >= 15 is 0 Å². The van der Waals surface area contributed by atoms with Crippen LogP contribution in [0.25, 0.3) is 0 Å². The predicted molar refractivity (Wildman–Crippen MR) is 94.2 cm³/mol. The zero-order valence-corrected chi connectivity index (χ0v) is 14.5. The van der Waals surface area contributed by atoms with Crippen molar-refractivity contribution in [3.8, 4) is 0 Å². The first-order valence-corrected chi connectivity index (χ1v) is 9.45. The maximum Gasteiger partial charge on any atom is 0.243 e. The van der Waals surface area contributed by atoms with Crippen LogP contribution in [0.4, 0.5) is 5.69 Å². The first kappa shape index (κ1) is 17.9. The average molecular weight is 347 g/mol. The molecule has 128 valence electrons. The van der Waals surface area contributed by atoms with E-state index in [2.05, 4.69) is 10.3 Å². The number of sulfonamides is 1. The second-order valence-electron chi connectivity index (χ2n) is 5.47. The molecule has 7 heteroatoms. The fourth-order valence-electron chi connectivity index (χ4n) is 2.41. The quantitative estimate of drug-likeness (QED) is 0.825. The van der Waals surface area contributed by atoms with Crippen molar-refractivity contribution in [2.75, 3.05) is 17.1 Å². The minimum absolute atomic E-state index is 0.335. The van der Waals surface area contributed by atoms with Crippen molar-refractivity contribution in [2.24, 2.45) is 0 Å². The summed E-state index contributed by atoms with van der Waals surface area (Å²) >= 11 is 0. The Morgan fingerprint density at radius 1 is 1.17 bits per heavy atom. The predicted octanol–water partition coefficient (Wildman–Crippen LogP) is 1.59. The Bertz CT molecular complexity index is 764. The second-order valence-corrected chi connectivity index (χ2v) is 7.33. The summed E-state index contributed by atoms with van der Waals surface area (Å²) in [5.74, 6) is -0.335. The van der Waals surface area contributed by atoms with Gasteiger partial charge in [-0.15, -0.1) is 0 Å². The lowest BCUT2D eigenvalue weighted by molar-refractivity contribution is -0.121. The van der Waals surface area contributed by atoms with Gasteiger partial charge in [0.1, 0.15) is 6.04 Å². The number of carbonyl (C=O) groups excluding carboxylic acids is 1. The van der Waals surface area contributed by atoms with Crippen molar-refractivity contribution in [3.63, 3.8) is 0 Å². The van der Waals surface area contributed by atoms with Crippen LogP contribution in [0.3, 0.4) is 0 Å². The van der Waals surface area contributed by atoms with Gasteiger partial charge in [0.15, 0.2) is 0 Å². The van der Waals surface area contributed by atoms with Gasteiger partial charge in [-0.05, 0) is 43.2 Å². The Hall–Kier alpha value is -2.41. The number of nitrogens with zero attached hydrogens (tertiary/aromatic N) is 2. The van der Waals surface area contributed by atoms with Crippen molar-refractivity contribution in [1.82, 2.24) is 10.3 Å². The first-order valence-electron chi connectivity index (χ1n) is 7.60.